The molecule has 3 N–H and O–H groups in total. The number of aryl methyl sites for hydroxylation is 1. The summed E-state index contributed by atoms with van der Waals surface area (Å²) in [5.41, 5.74) is 1.11. The second kappa shape index (κ2) is 5.59. The van der Waals surface area contributed by atoms with Gasteiger partial charge in [-0.1, -0.05) is 0 Å². The second-order valence-electron chi connectivity index (χ2n) is 7.29. The van der Waals surface area contributed by atoms with E-state index in [1.54, 1.807) is 0 Å². The summed E-state index contributed by atoms with van der Waals surface area (Å²) in [5.74, 6) is 6.83. The maximum atomic E-state index is 12.6. The summed E-state index contributed by atoms with van der Waals surface area (Å²) in [7, 11) is 0. The number of aromatic nitrogens is 3. The first kappa shape index (κ1) is 16.1. The van der Waals surface area contributed by atoms with E-state index in [-0.39, 0.29) is 17.9 Å². The molecule has 0 amide bonds. The highest BCUT2D eigenvalue weighted by Gasteiger charge is 2.33. The van der Waals surface area contributed by atoms with Crippen LogP contribution in [0.4, 0.5) is 5.82 Å². The fourth-order valence-electron chi connectivity index (χ4n) is 3.90. The largest absolute Gasteiger partial charge is 0.393 e. The molecule has 25 heavy (non-hydrogen) atoms. The third-order valence-electron chi connectivity index (χ3n) is 5.54. The van der Waals surface area contributed by atoms with E-state index in [4.69, 9.17) is 5.84 Å². The fraction of sp³-hybridized carbons (Fsp3) is 0.588. The standard InChI is InChI=1S/C17H23N5O3/c1-9-14-13(11-3-4-11)16(24)22(18)17(25)21(14)8-19-15(9)20-6-5-12(7-20)10(2)23/h8,10-12,23H,3-7,18H2,1-2H3. The van der Waals surface area contributed by atoms with Gasteiger partial charge in [-0.15, -0.1) is 0 Å². The van der Waals surface area contributed by atoms with Crippen LogP contribution in [0.2, 0.25) is 0 Å². The van der Waals surface area contributed by atoms with Crippen molar-refractivity contribution in [2.75, 3.05) is 23.8 Å². The molecule has 2 atom stereocenters. The molecular formula is C17H23N5O3. The Morgan fingerprint density at radius 3 is 2.64 bits per heavy atom. The third-order valence-corrected chi connectivity index (χ3v) is 5.54. The van der Waals surface area contributed by atoms with E-state index < -0.39 is 11.2 Å². The van der Waals surface area contributed by atoms with Gasteiger partial charge < -0.3 is 15.8 Å². The van der Waals surface area contributed by atoms with Gasteiger partial charge in [0, 0.05) is 30.1 Å². The molecule has 3 heterocycles. The molecule has 2 aromatic rings. The zero-order valence-electron chi connectivity index (χ0n) is 14.5. The summed E-state index contributed by atoms with van der Waals surface area (Å²) in [6.45, 7) is 5.23. The van der Waals surface area contributed by atoms with Crippen LogP contribution in [0.3, 0.4) is 0 Å². The van der Waals surface area contributed by atoms with Crippen molar-refractivity contribution in [1.29, 1.82) is 0 Å². The van der Waals surface area contributed by atoms with E-state index in [2.05, 4.69) is 9.88 Å². The van der Waals surface area contributed by atoms with Crippen LogP contribution in [-0.2, 0) is 0 Å². The lowest BCUT2D eigenvalue weighted by Gasteiger charge is -2.22. The van der Waals surface area contributed by atoms with E-state index in [1.165, 1.54) is 10.7 Å². The molecule has 0 bridgehead atoms. The predicted molar refractivity (Wildman–Crippen MR) is 94.6 cm³/mol. The van der Waals surface area contributed by atoms with Crippen molar-refractivity contribution >= 4 is 11.3 Å². The SMILES string of the molecule is Cc1c(N2CCC(C(C)O)C2)ncn2c(=O)n(N)c(=O)c(C3CC3)c12. The van der Waals surface area contributed by atoms with Gasteiger partial charge in [-0.05, 0) is 39.0 Å². The van der Waals surface area contributed by atoms with Gasteiger partial charge in [0.2, 0.25) is 0 Å². The minimum atomic E-state index is -0.574. The lowest BCUT2D eigenvalue weighted by Crippen LogP contribution is -2.44. The van der Waals surface area contributed by atoms with Gasteiger partial charge in [0.25, 0.3) is 5.56 Å². The summed E-state index contributed by atoms with van der Waals surface area (Å²) in [6, 6.07) is 0. The molecule has 2 aliphatic rings. The molecule has 0 radical (unpaired) electrons. The lowest BCUT2D eigenvalue weighted by molar-refractivity contribution is 0.136. The Morgan fingerprint density at radius 2 is 2.04 bits per heavy atom. The van der Waals surface area contributed by atoms with E-state index in [0.29, 0.717) is 15.8 Å². The highest BCUT2D eigenvalue weighted by atomic mass is 16.3. The van der Waals surface area contributed by atoms with Crippen molar-refractivity contribution in [3.05, 3.63) is 38.3 Å². The smallest absolute Gasteiger partial charge is 0.355 e. The Morgan fingerprint density at radius 1 is 1.32 bits per heavy atom. The van der Waals surface area contributed by atoms with Crippen LogP contribution in [-0.4, -0.2) is 38.4 Å². The van der Waals surface area contributed by atoms with E-state index in [0.717, 1.165) is 43.7 Å². The molecule has 4 rings (SSSR count). The average Bonchev–Trinajstić information content (AvgIpc) is 3.29. The maximum absolute atomic E-state index is 12.6. The minimum Gasteiger partial charge on any atom is -0.393 e. The summed E-state index contributed by atoms with van der Waals surface area (Å²) < 4.78 is 2.07. The molecular weight excluding hydrogens is 322 g/mol. The molecule has 1 saturated carbocycles. The van der Waals surface area contributed by atoms with E-state index in [9.17, 15) is 14.7 Å². The molecule has 2 aromatic heterocycles. The van der Waals surface area contributed by atoms with Crippen LogP contribution in [0, 0.1) is 12.8 Å². The Bertz CT molecular complexity index is 957. The summed E-state index contributed by atoms with van der Waals surface area (Å²) in [6.07, 6.45) is 3.88. The van der Waals surface area contributed by atoms with Gasteiger partial charge in [0.1, 0.15) is 12.1 Å². The van der Waals surface area contributed by atoms with Crippen molar-refractivity contribution < 1.29 is 5.11 Å². The topological polar surface area (TPSA) is 106 Å². The van der Waals surface area contributed by atoms with Crippen LogP contribution in [0.1, 0.15) is 43.2 Å². The molecule has 134 valence electrons. The normalized spacial score (nSPS) is 21.9. The van der Waals surface area contributed by atoms with Gasteiger partial charge in [-0.25, -0.2) is 14.2 Å². The first-order valence-electron chi connectivity index (χ1n) is 8.75. The number of fused-ring (bicyclic) bond motifs is 1. The maximum Gasteiger partial charge on any atom is 0.355 e. The molecule has 1 aliphatic carbocycles. The summed E-state index contributed by atoms with van der Waals surface area (Å²) in [5, 5.41) is 9.84. The molecule has 0 spiro atoms. The lowest BCUT2D eigenvalue weighted by atomic mass is 10.0. The first-order chi connectivity index (χ1) is 11.9. The molecule has 8 nitrogen and oxygen atoms in total. The van der Waals surface area contributed by atoms with Gasteiger partial charge in [0.15, 0.2) is 0 Å². The highest BCUT2D eigenvalue weighted by Crippen LogP contribution is 2.41. The van der Waals surface area contributed by atoms with Crippen LogP contribution in [0.15, 0.2) is 15.9 Å². The molecule has 8 heteroatoms. The molecule has 2 unspecified atom stereocenters. The molecule has 1 aliphatic heterocycles. The van der Waals surface area contributed by atoms with Crippen molar-refractivity contribution in [2.45, 2.75) is 45.1 Å². The summed E-state index contributed by atoms with van der Waals surface area (Å²) in [4.78, 5) is 31.6. The molecule has 2 fully saturated rings. The zero-order chi connectivity index (χ0) is 17.9. The van der Waals surface area contributed by atoms with Crippen LogP contribution in [0.5, 0.6) is 0 Å². The number of nitrogens with zero attached hydrogens (tertiary/aromatic N) is 4. The van der Waals surface area contributed by atoms with Crippen LogP contribution < -0.4 is 22.0 Å². The van der Waals surface area contributed by atoms with E-state index >= 15 is 0 Å². The first-order valence-corrected chi connectivity index (χ1v) is 8.75. The van der Waals surface area contributed by atoms with Crippen molar-refractivity contribution in [1.82, 2.24) is 14.1 Å². The van der Waals surface area contributed by atoms with Gasteiger partial charge in [-0.3, -0.25) is 4.79 Å². The predicted octanol–water partition coefficient (Wildman–Crippen LogP) is -0.0371. The number of aliphatic hydroxyl groups excluding tert-OH is 1. The number of nitrogens with two attached hydrogens (primary N) is 1. The Labute approximate surface area is 144 Å². The highest BCUT2D eigenvalue weighted by molar-refractivity contribution is 5.69. The number of nitrogen functional groups attached to an aromatic ring is 1. The number of hydrogen-bond donors (Lipinski definition) is 2. The number of hydrogen-bond acceptors (Lipinski definition) is 6. The quantitative estimate of drug-likeness (QED) is 0.757. The van der Waals surface area contributed by atoms with Gasteiger partial charge >= 0.3 is 5.69 Å². The number of rotatable bonds is 3. The zero-order valence-corrected chi connectivity index (χ0v) is 14.5. The minimum absolute atomic E-state index is 0.163. The van der Waals surface area contributed by atoms with Crippen LogP contribution >= 0.6 is 0 Å². The van der Waals surface area contributed by atoms with Crippen molar-refractivity contribution in [2.24, 2.45) is 5.92 Å². The number of aliphatic hydroxyl groups is 1. The Kier molecular flexibility index (Phi) is 3.61. The molecule has 0 aromatic carbocycles. The monoisotopic (exact) mass is 345 g/mol. The van der Waals surface area contributed by atoms with Gasteiger partial charge in [-0.2, -0.15) is 4.68 Å². The Balaban J connectivity index is 1.91. The third kappa shape index (κ3) is 2.43. The second-order valence-corrected chi connectivity index (χ2v) is 7.29. The summed E-state index contributed by atoms with van der Waals surface area (Å²) >= 11 is 0. The van der Waals surface area contributed by atoms with Crippen LogP contribution in [0.25, 0.3) is 5.52 Å². The molecule has 1 saturated heterocycles. The average molecular weight is 345 g/mol. The Hall–Kier alpha value is -2.35. The number of anilines is 1. The van der Waals surface area contributed by atoms with Crippen molar-refractivity contribution in [3.8, 4) is 0 Å². The van der Waals surface area contributed by atoms with Crippen molar-refractivity contribution in [3.63, 3.8) is 0 Å². The van der Waals surface area contributed by atoms with Gasteiger partial charge in [0.05, 0.1) is 11.6 Å². The fourth-order valence-corrected chi connectivity index (χ4v) is 3.90. The van der Waals surface area contributed by atoms with E-state index in [1.807, 2.05) is 13.8 Å².